The first-order valence-corrected chi connectivity index (χ1v) is 5.32. The molecule has 0 aliphatic heterocycles. The van der Waals surface area contributed by atoms with E-state index in [-0.39, 0.29) is 5.84 Å². The lowest BCUT2D eigenvalue weighted by Crippen LogP contribution is -2.13. The monoisotopic (exact) mass is 242 g/mol. The number of rotatable bonds is 4. The van der Waals surface area contributed by atoms with Gasteiger partial charge in [0.1, 0.15) is 5.75 Å². The molecule has 0 spiro atoms. The second-order valence-corrected chi connectivity index (χ2v) is 4.24. The van der Waals surface area contributed by atoms with Crippen LogP contribution < -0.4 is 10.5 Å². The Morgan fingerprint density at radius 1 is 1.56 bits per heavy atom. The molecule has 0 radical (unpaired) electrons. The zero-order chi connectivity index (χ0) is 12.1. The molecule has 1 rings (SSSR count). The van der Waals surface area contributed by atoms with Crippen LogP contribution in [0.1, 0.15) is 19.4 Å². The topological polar surface area (TPSA) is 67.8 Å². The molecule has 0 amide bonds. The first kappa shape index (κ1) is 12.6. The van der Waals surface area contributed by atoms with E-state index in [0.717, 1.165) is 0 Å². The Morgan fingerprint density at radius 3 is 2.75 bits per heavy atom. The van der Waals surface area contributed by atoms with Crippen molar-refractivity contribution in [1.29, 1.82) is 0 Å². The van der Waals surface area contributed by atoms with Crippen molar-refractivity contribution in [3.8, 4) is 5.75 Å². The van der Waals surface area contributed by atoms with Gasteiger partial charge < -0.3 is 15.7 Å². The van der Waals surface area contributed by atoms with E-state index < -0.39 is 0 Å². The fraction of sp³-hybridized carbons (Fsp3) is 0.364. The second kappa shape index (κ2) is 5.61. The van der Waals surface area contributed by atoms with E-state index in [1.165, 1.54) is 0 Å². The minimum atomic E-state index is -0.0135. The SMILES string of the molecule is CC(C)COc1ccc(C(N)=NO)c(Cl)c1. The maximum atomic E-state index is 8.53. The number of hydrogen-bond donors (Lipinski definition) is 2. The molecule has 0 aliphatic rings. The molecular formula is C11H15ClN2O2. The van der Waals surface area contributed by atoms with Gasteiger partial charge in [0.2, 0.25) is 0 Å². The zero-order valence-corrected chi connectivity index (χ0v) is 10.0. The van der Waals surface area contributed by atoms with Gasteiger partial charge in [0.15, 0.2) is 5.84 Å². The Morgan fingerprint density at radius 2 is 2.25 bits per heavy atom. The summed E-state index contributed by atoms with van der Waals surface area (Å²) in [4.78, 5) is 0. The van der Waals surface area contributed by atoms with Gasteiger partial charge in [-0.1, -0.05) is 30.6 Å². The largest absolute Gasteiger partial charge is 0.493 e. The molecular weight excluding hydrogens is 228 g/mol. The predicted octanol–water partition coefficient (Wildman–Crippen LogP) is 2.47. The van der Waals surface area contributed by atoms with E-state index in [0.29, 0.717) is 28.9 Å². The Kier molecular flexibility index (Phi) is 4.43. The first-order valence-electron chi connectivity index (χ1n) is 4.95. The average Bonchev–Trinajstić information content (AvgIpc) is 2.25. The van der Waals surface area contributed by atoms with Gasteiger partial charge in [-0.2, -0.15) is 0 Å². The molecule has 16 heavy (non-hydrogen) atoms. The Hall–Kier alpha value is -1.42. The maximum Gasteiger partial charge on any atom is 0.171 e. The van der Waals surface area contributed by atoms with Crippen LogP contribution in [-0.2, 0) is 0 Å². The van der Waals surface area contributed by atoms with Crippen LogP contribution in [0.2, 0.25) is 5.02 Å². The van der Waals surface area contributed by atoms with E-state index >= 15 is 0 Å². The maximum absolute atomic E-state index is 8.53. The van der Waals surface area contributed by atoms with Gasteiger partial charge in [0.25, 0.3) is 0 Å². The Bertz CT molecular complexity index is 392. The van der Waals surface area contributed by atoms with Crippen molar-refractivity contribution < 1.29 is 9.94 Å². The van der Waals surface area contributed by atoms with Crippen LogP contribution in [0.5, 0.6) is 5.75 Å². The zero-order valence-electron chi connectivity index (χ0n) is 9.27. The lowest BCUT2D eigenvalue weighted by molar-refractivity contribution is 0.271. The highest BCUT2D eigenvalue weighted by atomic mass is 35.5. The van der Waals surface area contributed by atoms with Crippen molar-refractivity contribution >= 4 is 17.4 Å². The number of hydrogen-bond acceptors (Lipinski definition) is 3. The van der Waals surface area contributed by atoms with Gasteiger partial charge in [-0.15, -0.1) is 0 Å². The van der Waals surface area contributed by atoms with Crippen LogP contribution in [0.25, 0.3) is 0 Å². The lowest BCUT2D eigenvalue weighted by Gasteiger charge is -2.10. The number of ether oxygens (including phenoxy) is 1. The summed E-state index contributed by atoms with van der Waals surface area (Å²) in [6, 6.07) is 5.05. The summed E-state index contributed by atoms with van der Waals surface area (Å²) >= 11 is 5.97. The van der Waals surface area contributed by atoms with Gasteiger partial charge >= 0.3 is 0 Å². The number of nitrogens with two attached hydrogens (primary N) is 1. The van der Waals surface area contributed by atoms with Crippen LogP contribution in [-0.4, -0.2) is 17.6 Å². The van der Waals surface area contributed by atoms with E-state index in [2.05, 4.69) is 19.0 Å². The minimum absolute atomic E-state index is 0.0135. The molecule has 0 heterocycles. The third-order valence-electron chi connectivity index (χ3n) is 1.91. The molecule has 0 unspecified atom stereocenters. The molecule has 0 aromatic heterocycles. The van der Waals surface area contributed by atoms with E-state index in [1.54, 1.807) is 18.2 Å². The number of benzene rings is 1. The summed E-state index contributed by atoms with van der Waals surface area (Å²) < 4.78 is 5.49. The molecule has 0 aliphatic carbocycles. The van der Waals surface area contributed by atoms with E-state index in [1.807, 2.05) is 0 Å². The Balaban J connectivity index is 2.83. The summed E-state index contributed by atoms with van der Waals surface area (Å²) in [5.74, 6) is 1.11. The highest BCUT2D eigenvalue weighted by molar-refractivity contribution is 6.34. The van der Waals surface area contributed by atoms with E-state index in [4.69, 9.17) is 27.3 Å². The molecule has 0 saturated carbocycles. The van der Waals surface area contributed by atoms with Crippen molar-refractivity contribution in [3.05, 3.63) is 28.8 Å². The Labute approximate surface area is 99.7 Å². The van der Waals surface area contributed by atoms with Gasteiger partial charge in [0, 0.05) is 5.56 Å². The quantitative estimate of drug-likeness (QED) is 0.369. The van der Waals surface area contributed by atoms with Crippen LogP contribution in [0, 0.1) is 5.92 Å². The molecule has 0 bridgehead atoms. The average molecular weight is 243 g/mol. The molecule has 3 N–H and O–H groups in total. The van der Waals surface area contributed by atoms with Crippen LogP contribution in [0.3, 0.4) is 0 Å². The minimum Gasteiger partial charge on any atom is -0.493 e. The fourth-order valence-corrected chi connectivity index (χ4v) is 1.38. The highest BCUT2D eigenvalue weighted by Gasteiger charge is 2.07. The molecule has 1 aromatic carbocycles. The molecule has 0 atom stereocenters. The standard InChI is InChI=1S/C11H15ClN2O2/c1-7(2)6-16-8-3-4-9(10(12)5-8)11(13)14-15/h3-5,7,15H,6H2,1-2H3,(H2,13,14). The van der Waals surface area contributed by atoms with Gasteiger partial charge in [0.05, 0.1) is 11.6 Å². The van der Waals surface area contributed by atoms with Gasteiger partial charge in [-0.05, 0) is 24.1 Å². The number of nitrogens with zero attached hydrogens (tertiary/aromatic N) is 1. The predicted molar refractivity (Wildman–Crippen MR) is 64.3 cm³/mol. The number of halogens is 1. The summed E-state index contributed by atoms with van der Waals surface area (Å²) in [7, 11) is 0. The van der Waals surface area contributed by atoms with Crippen LogP contribution >= 0.6 is 11.6 Å². The second-order valence-electron chi connectivity index (χ2n) is 3.83. The summed E-state index contributed by atoms with van der Waals surface area (Å²) in [6.45, 7) is 4.75. The van der Waals surface area contributed by atoms with Crippen molar-refractivity contribution in [2.24, 2.45) is 16.8 Å². The lowest BCUT2D eigenvalue weighted by atomic mass is 10.2. The molecule has 88 valence electrons. The highest BCUT2D eigenvalue weighted by Crippen LogP contribution is 2.22. The van der Waals surface area contributed by atoms with Crippen molar-refractivity contribution in [3.63, 3.8) is 0 Å². The molecule has 0 saturated heterocycles. The smallest absolute Gasteiger partial charge is 0.171 e. The van der Waals surface area contributed by atoms with Crippen molar-refractivity contribution in [2.75, 3.05) is 6.61 Å². The van der Waals surface area contributed by atoms with Crippen molar-refractivity contribution in [2.45, 2.75) is 13.8 Å². The summed E-state index contributed by atoms with van der Waals surface area (Å²) in [5, 5.41) is 11.8. The molecule has 0 fully saturated rings. The van der Waals surface area contributed by atoms with Gasteiger partial charge in [-0.3, -0.25) is 0 Å². The molecule has 1 aromatic rings. The fourth-order valence-electron chi connectivity index (χ4n) is 1.11. The van der Waals surface area contributed by atoms with E-state index in [9.17, 15) is 0 Å². The third-order valence-corrected chi connectivity index (χ3v) is 2.22. The van der Waals surface area contributed by atoms with Crippen molar-refractivity contribution in [1.82, 2.24) is 0 Å². The summed E-state index contributed by atoms with van der Waals surface area (Å²) in [6.07, 6.45) is 0. The normalized spacial score (nSPS) is 11.9. The third kappa shape index (κ3) is 3.31. The van der Waals surface area contributed by atoms with Gasteiger partial charge in [-0.25, -0.2) is 0 Å². The number of amidine groups is 1. The molecule has 5 heteroatoms. The molecule has 4 nitrogen and oxygen atoms in total. The number of oxime groups is 1. The van der Waals surface area contributed by atoms with Crippen LogP contribution in [0.4, 0.5) is 0 Å². The van der Waals surface area contributed by atoms with Crippen LogP contribution in [0.15, 0.2) is 23.4 Å². The first-order chi connectivity index (χ1) is 7.54. The summed E-state index contributed by atoms with van der Waals surface area (Å²) in [5.41, 5.74) is 5.93.